The first kappa shape index (κ1) is 34.1. The lowest BCUT2D eigenvalue weighted by atomic mass is 9.73. The number of nitriles is 2. The number of aliphatic hydroxyl groups is 2. The van der Waals surface area contributed by atoms with Crippen molar-refractivity contribution in [3.05, 3.63) is 155 Å². The van der Waals surface area contributed by atoms with Crippen LogP contribution in [0.2, 0.25) is 0 Å². The molecule has 51 heavy (non-hydrogen) atoms. The van der Waals surface area contributed by atoms with Crippen molar-refractivity contribution < 1.29 is 39.2 Å². The van der Waals surface area contributed by atoms with Crippen molar-refractivity contribution in [3.63, 3.8) is 0 Å². The third-order valence-corrected chi connectivity index (χ3v) is 9.22. The van der Waals surface area contributed by atoms with Gasteiger partial charge in [-0.2, -0.15) is 10.5 Å². The van der Waals surface area contributed by atoms with Crippen LogP contribution in [-0.4, -0.2) is 59.6 Å². The first-order chi connectivity index (χ1) is 24.5. The molecule has 0 fully saturated rings. The minimum absolute atomic E-state index is 0.272. The molecular weight excluding hydrogens is 652 g/mol. The van der Waals surface area contributed by atoms with Crippen LogP contribution in [0.4, 0.5) is 0 Å². The summed E-state index contributed by atoms with van der Waals surface area (Å²) < 4.78 is 7.31. The maximum absolute atomic E-state index is 14.2. The van der Waals surface area contributed by atoms with Gasteiger partial charge in [0.25, 0.3) is 11.2 Å². The average Bonchev–Trinajstić information content (AvgIpc) is 3.60. The number of ether oxygens (including phenoxy) is 1. The molecule has 12 nitrogen and oxygen atoms in total. The number of rotatable bonds is 10. The van der Waals surface area contributed by atoms with E-state index < -0.39 is 51.7 Å². The van der Waals surface area contributed by atoms with E-state index in [0.29, 0.717) is 29.7 Å². The number of carbonyl (C=O) groups is 4. The molecule has 12 heteroatoms. The number of Topliss-reactive ketones (excluding diaryl/α,β-unsaturated/α-hetero) is 2. The molecule has 0 saturated heterocycles. The minimum Gasteiger partial charge on any atom is -0.479 e. The normalized spacial score (nSPS) is 15.5. The molecule has 5 aromatic rings. The van der Waals surface area contributed by atoms with Crippen molar-refractivity contribution in [2.45, 2.75) is 36.0 Å². The van der Waals surface area contributed by atoms with Crippen molar-refractivity contribution in [1.82, 2.24) is 9.55 Å². The van der Waals surface area contributed by atoms with Gasteiger partial charge in [0.2, 0.25) is 17.4 Å². The summed E-state index contributed by atoms with van der Waals surface area (Å²) in [5.41, 5.74) is -7.23. The molecule has 1 aliphatic heterocycles. The number of aliphatic carboxylic acids is 1. The van der Waals surface area contributed by atoms with Crippen molar-refractivity contribution >= 4 is 23.5 Å². The van der Waals surface area contributed by atoms with E-state index in [2.05, 4.69) is 17.1 Å². The molecule has 1 aliphatic rings. The lowest BCUT2D eigenvalue weighted by Crippen LogP contribution is -2.72. The predicted molar refractivity (Wildman–Crippen MR) is 178 cm³/mol. The number of esters is 1. The zero-order valence-electron chi connectivity index (χ0n) is 26.8. The number of fused-ring (bicyclic) bond motifs is 1. The molecule has 1 aromatic heterocycles. The zero-order chi connectivity index (χ0) is 36.4. The van der Waals surface area contributed by atoms with Crippen LogP contribution < -0.4 is 4.74 Å². The van der Waals surface area contributed by atoms with Crippen LogP contribution in [-0.2, 0) is 21.5 Å². The van der Waals surface area contributed by atoms with Crippen LogP contribution in [0.3, 0.4) is 0 Å². The van der Waals surface area contributed by atoms with Crippen molar-refractivity contribution in [3.8, 4) is 18.0 Å². The van der Waals surface area contributed by atoms with E-state index in [1.165, 1.54) is 54.9 Å². The molecule has 0 spiro atoms. The zero-order valence-corrected chi connectivity index (χ0v) is 26.8. The summed E-state index contributed by atoms with van der Waals surface area (Å²) in [6.07, 6.45) is 2.65. The largest absolute Gasteiger partial charge is 0.479 e. The molecule has 0 radical (unpaired) electrons. The quantitative estimate of drug-likeness (QED) is 0.109. The molecular formula is C39H28N4O8. The average molecular weight is 681 g/mol. The van der Waals surface area contributed by atoms with Crippen LogP contribution in [0.15, 0.2) is 116 Å². The van der Waals surface area contributed by atoms with Crippen molar-refractivity contribution in [1.29, 1.82) is 10.5 Å². The Morgan fingerprint density at radius 2 is 1.20 bits per heavy atom. The molecule has 2 atom stereocenters. The van der Waals surface area contributed by atoms with Gasteiger partial charge in [-0.1, -0.05) is 84.9 Å². The number of carboxylic acids is 1. The summed E-state index contributed by atoms with van der Waals surface area (Å²) in [6, 6.07) is 31.1. The van der Waals surface area contributed by atoms with Crippen LogP contribution >= 0.6 is 0 Å². The van der Waals surface area contributed by atoms with E-state index in [1.54, 1.807) is 53.1 Å². The highest BCUT2D eigenvalue weighted by Crippen LogP contribution is 2.45. The highest BCUT2D eigenvalue weighted by molar-refractivity contribution is 6.28. The number of aromatic nitrogens is 2. The van der Waals surface area contributed by atoms with E-state index in [9.17, 15) is 45.0 Å². The van der Waals surface area contributed by atoms with Gasteiger partial charge in [-0.05, 0) is 54.7 Å². The van der Waals surface area contributed by atoms with Gasteiger partial charge in [-0.25, -0.2) is 14.6 Å². The SMILES string of the molecule is N#Cc1ccc(C2(c3ccc(C#N)cc3)CCCc3c(OC(=O)[C@](O)(C(=O)c4ccccc4)[C@](O)(C(=O)O)C(=O)c4ccccc4)ncn32)cc1. The highest BCUT2D eigenvalue weighted by Gasteiger charge is 2.70. The van der Waals surface area contributed by atoms with Gasteiger partial charge >= 0.3 is 11.9 Å². The van der Waals surface area contributed by atoms with Gasteiger partial charge in [-0.3, -0.25) is 9.59 Å². The molecule has 3 N–H and O–H groups in total. The van der Waals surface area contributed by atoms with Crippen LogP contribution in [0.1, 0.15) is 61.5 Å². The number of carboxylic acid groups (broad SMARTS) is 1. The third kappa shape index (κ3) is 5.45. The van der Waals surface area contributed by atoms with Gasteiger partial charge in [-0.15, -0.1) is 0 Å². The summed E-state index contributed by atoms with van der Waals surface area (Å²) in [6.45, 7) is 0. The fraction of sp³-hybridized carbons (Fsp3) is 0.154. The van der Waals surface area contributed by atoms with E-state index in [1.807, 2.05) is 0 Å². The summed E-state index contributed by atoms with van der Waals surface area (Å²) >= 11 is 0. The van der Waals surface area contributed by atoms with E-state index in [4.69, 9.17) is 4.74 Å². The molecule has 6 rings (SSSR count). The number of hydrogen-bond donors (Lipinski definition) is 3. The number of hydrogen-bond acceptors (Lipinski definition) is 10. The fourth-order valence-electron chi connectivity index (χ4n) is 6.58. The topological polar surface area (TPSA) is 204 Å². The molecule has 0 bridgehead atoms. The Balaban J connectivity index is 1.50. The summed E-state index contributed by atoms with van der Waals surface area (Å²) in [7, 11) is 0. The van der Waals surface area contributed by atoms with Gasteiger partial charge in [0.15, 0.2) is 0 Å². The number of ketones is 2. The molecule has 0 aliphatic carbocycles. The minimum atomic E-state index is -4.05. The first-order valence-electron chi connectivity index (χ1n) is 15.7. The van der Waals surface area contributed by atoms with Crippen LogP contribution in [0, 0.1) is 22.7 Å². The standard InChI is InChI=1S/C39H28N4O8/c40-22-25-13-17-29(18-14-25)37(30-19-15-26(23-41)16-20-30)21-7-12-31-34(42-24-43(31)37)51-36(48)39(50,33(45)28-10-5-2-6-11-28)38(49,35(46)47)32(44)27-8-3-1-4-9-27/h1-6,8-11,13-20,24,49-50H,7,12,21H2,(H,46,47)/t38-,39-/m1/s1. The van der Waals surface area contributed by atoms with Crippen molar-refractivity contribution in [2.75, 3.05) is 0 Å². The summed E-state index contributed by atoms with van der Waals surface area (Å²) in [4.78, 5) is 59.0. The highest BCUT2D eigenvalue weighted by atomic mass is 16.6. The number of carbonyl (C=O) groups excluding carboxylic acids is 3. The molecule has 2 heterocycles. The van der Waals surface area contributed by atoms with Gasteiger partial charge in [0.1, 0.15) is 6.33 Å². The Morgan fingerprint density at radius 3 is 1.65 bits per heavy atom. The maximum atomic E-state index is 14.2. The Morgan fingerprint density at radius 1 is 0.725 bits per heavy atom. The predicted octanol–water partition coefficient (Wildman–Crippen LogP) is 3.97. The monoisotopic (exact) mass is 680 g/mol. The lowest BCUT2D eigenvalue weighted by molar-refractivity contribution is -0.185. The smallest absolute Gasteiger partial charge is 0.357 e. The molecule has 4 aromatic carbocycles. The van der Waals surface area contributed by atoms with E-state index in [0.717, 1.165) is 23.3 Å². The first-order valence-corrected chi connectivity index (χ1v) is 15.7. The lowest BCUT2D eigenvalue weighted by Gasteiger charge is -2.41. The van der Waals surface area contributed by atoms with E-state index in [-0.39, 0.29) is 12.0 Å². The number of benzene rings is 4. The van der Waals surface area contributed by atoms with Crippen LogP contribution in [0.25, 0.3) is 0 Å². The molecule has 0 saturated carbocycles. The molecule has 0 amide bonds. The van der Waals surface area contributed by atoms with E-state index >= 15 is 0 Å². The Labute approximate surface area is 291 Å². The van der Waals surface area contributed by atoms with Crippen LogP contribution in [0.5, 0.6) is 5.88 Å². The maximum Gasteiger partial charge on any atom is 0.357 e. The molecule has 0 unspecified atom stereocenters. The fourth-order valence-corrected chi connectivity index (χ4v) is 6.58. The summed E-state index contributed by atoms with van der Waals surface area (Å²) in [5.74, 6) is -7.94. The number of nitrogens with zero attached hydrogens (tertiary/aromatic N) is 4. The van der Waals surface area contributed by atoms with Gasteiger partial charge in [0, 0.05) is 11.1 Å². The second kappa shape index (κ2) is 13.3. The Kier molecular flexibility index (Phi) is 8.90. The summed E-state index contributed by atoms with van der Waals surface area (Å²) in [5, 5.41) is 52.9. The number of imidazole rings is 1. The molecule has 252 valence electrons. The van der Waals surface area contributed by atoms with Gasteiger partial charge < -0.3 is 24.6 Å². The Hall–Kier alpha value is -6.73. The second-order valence-corrected chi connectivity index (χ2v) is 12.0. The Bertz CT molecular complexity index is 2180. The third-order valence-electron chi connectivity index (χ3n) is 9.22. The second-order valence-electron chi connectivity index (χ2n) is 12.0. The van der Waals surface area contributed by atoms with Crippen molar-refractivity contribution in [2.24, 2.45) is 0 Å². The van der Waals surface area contributed by atoms with Gasteiger partial charge in [0.05, 0.1) is 34.5 Å².